The first kappa shape index (κ1) is 12.0. The molecule has 0 aromatic carbocycles. The van der Waals surface area contributed by atoms with E-state index in [9.17, 15) is 0 Å². The number of hydrogen-bond acceptors (Lipinski definition) is 1. The molecule has 84 valence electrons. The number of nitrogens with one attached hydrogen (secondary N) is 1. The largest absolute Gasteiger partial charge is 0.311 e. The van der Waals surface area contributed by atoms with Crippen molar-refractivity contribution in [3.05, 3.63) is 0 Å². The monoisotopic (exact) mass is 197 g/mol. The smallest absolute Gasteiger partial charge is 0.0121 e. The fraction of sp³-hybridized carbons (Fsp3) is 1.00. The van der Waals surface area contributed by atoms with Gasteiger partial charge in [-0.15, -0.1) is 0 Å². The van der Waals surface area contributed by atoms with Gasteiger partial charge in [-0.25, -0.2) is 0 Å². The zero-order valence-electron chi connectivity index (χ0n) is 10.3. The molecule has 1 saturated carbocycles. The third kappa shape index (κ3) is 3.27. The predicted octanol–water partition coefficient (Wildman–Crippen LogP) is 3.59. The van der Waals surface area contributed by atoms with Crippen LogP contribution in [0.3, 0.4) is 0 Å². The molecule has 1 aliphatic carbocycles. The summed E-state index contributed by atoms with van der Waals surface area (Å²) in [6.45, 7) is 9.42. The molecule has 1 rings (SSSR count). The van der Waals surface area contributed by atoms with Gasteiger partial charge in [0.2, 0.25) is 0 Å². The molecular formula is C13H27N. The van der Waals surface area contributed by atoms with Gasteiger partial charge in [-0.1, -0.05) is 33.6 Å². The molecule has 0 aromatic heterocycles. The maximum Gasteiger partial charge on any atom is 0.0121 e. The summed E-state index contributed by atoms with van der Waals surface area (Å²) < 4.78 is 0. The van der Waals surface area contributed by atoms with Crippen LogP contribution < -0.4 is 5.32 Å². The highest BCUT2D eigenvalue weighted by Crippen LogP contribution is 2.29. The minimum atomic E-state index is 0.702. The van der Waals surface area contributed by atoms with Crippen LogP contribution in [0.5, 0.6) is 0 Å². The summed E-state index contributed by atoms with van der Waals surface area (Å²) in [7, 11) is 0. The van der Waals surface area contributed by atoms with E-state index in [-0.39, 0.29) is 0 Å². The molecule has 1 aliphatic rings. The minimum absolute atomic E-state index is 0.702. The first-order valence-corrected chi connectivity index (χ1v) is 6.41. The van der Waals surface area contributed by atoms with Gasteiger partial charge in [0.25, 0.3) is 0 Å². The summed E-state index contributed by atoms with van der Waals surface area (Å²) in [4.78, 5) is 0. The molecule has 0 radical (unpaired) electrons. The SMILES string of the molecule is CCCC(C)NC1C(C)CCCC1C. The van der Waals surface area contributed by atoms with E-state index in [1.807, 2.05) is 0 Å². The van der Waals surface area contributed by atoms with E-state index >= 15 is 0 Å². The van der Waals surface area contributed by atoms with Gasteiger partial charge in [-0.2, -0.15) is 0 Å². The lowest BCUT2D eigenvalue weighted by Gasteiger charge is -2.37. The molecule has 3 unspecified atom stereocenters. The fourth-order valence-corrected chi connectivity index (χ4v) is 2.86. The first-order chi connectivity index (χ1) is 6.65. The summed E-state index contributed by atoms with van der Waals surface area (Å²) in [5, 5.41) is 3.82. The van der Waals surface area contributed by atoms with E-state index in [1.54, 1.807) is 0 Å². The molecule has 0 heterocycles. The van der Waals surface area contributed by atoms with Gasteiger partial charge in [0.1, 0.15) is 0 Å². The van der Waals surface area contributed by atoms with Gasteiger partial charge in [-0.3, -0.25) is 0 Å². The zero-order chi connectivity index (χ0) is 10.6. The third-order valence-electron chi connectivity index (χ3n) is 3.74. The van der Waals surface area contributed by atoms with Crippen molar-refractivity contribution >= 4 is 0 Å². The molecule has 0 amide bonds. The van der Waals surface area contributed by atoms with Crippen molar-refractivity contribution in [1.82, 2.24) is 5.32 Å². The van der Waals surface area contributed by atoms with Gasteiger partial charge in [0.05, 0.1) is 0 Å². The molecule has 3 atom stereocenters. The normalized spacial score (nSPS) is 35.6. The lowest BCUT2D eigenvalue weighted by molar-refractivity contribution is 0.193. The average Bonchev–Trinajstić information content (AvgIpc) is 2.12. The minimum Gasteiger partial charge on any atom is -0.311 e. The molecule has 1 fully saturated rings. The Bertz CT molecular complexity index is 145. The number of rotatable bonds is 4. The zero-order valence-corrected chi connectivity index (χ0v) is 10.3. The Labute approximate surface area is 89.7 Å². The molecule has 1 nitrogen and oxygen atoms in total. The van der Waals surface area contributed by atoms with Crippen LogP contribution in [0.25, 0.3) is 0 Å². The Balaban J connectivity index is 2.39. The molecule has 0 aliphatic heterocycles. The molecule has 0 spiro atoms. The van der Waals surface area contributed by atoms with Crippen LogP contribution >= 0.6 is 0 Å². The summed E-state index contributed by atoms with van der Waals surface area (Å²) >= 11 is 0. The van der Waals surface area contributed by atoms with E-state index in [4.69, 9.17) is 0 Å². The molecule has 1 heteroatoms. The quantitative estimate of drug-likeness (QED) is 0.726. The number of hydrogen-bond donors (Lipinski definition) is 1. The van der Waals surface area contributed by atoms with Crippen LogP contribution in [-0.2, 0) is 0 Å². The third-order valence-corrected chi connectivity index (χ3v) is 3.74. The van der Waals surface area contributed by atoms with Crippen molar-refractivity contribution in [2.45, 2.75) is 71.9 Å². The van der Waals surface area contributed by atoms with Gasteiger partial charge in [0.15, 0.2) is 0 Å². The van der Waals surface area contributed by atoms with Crippen molar-refractivity contribution < 1.29 is 0 Å². The second-order valence-corrected chi connectivity index (χ2v) is 5.27. The summed E-state index contributed by atoms with van der Waals surface area (Å²) in [6, 6.07) is 1.47. The van der Waals surface area contributed by atoms with Crippen molar-refractivity contribution in [3.8, 4) is 0 Å². The van der Waals surface area contributed by atoms with E-state index in [0.717, 1.165) is 17.9 Å². The Hall–Kier alpha value is -0.0400. The average molecular weight is 197 g/mol. The summed E-state index contributed by atoms with van der Waals surface area (Å²) in [5.74, 6) is 1.75. The topological polar surface area (TPSA) is 12.0 Å². The van der Waals surface area contributed by atoms with Crippen LogP contribution in [0, 0.1) is 11.8 Å². The maximum absolute atomic E-state index is 3.82. The highest BCUT2D eigenvalue weighted by molar-refractivity contribution is 4.84. The Kier molecular flexibility index (Phi) is 4.94. The fourth-order valence-electron chi connectivity index (χ4n) is 2.86. The van der Waals surface area contributed by atoms with Crippen molar-refractivity contribution in [2.75, 3.05) is 0 Å². The van der Waals surface area contributed by atoms with E-state index in [1.165, 1.54) is 32.1 Å². The Morgan fingerprint density at radius 3 is 2.29 bits per heavy atom. The molecule has 1 N–H and O–H groups in total. The Morgan fingerprint density at radius 1 is 1.21 bits per heavy atom. The lowest BCUT2D eigenvalue weighted by Crippen LogP contribution is -2.46. The van der Waals surface area contributed by atoms with Crippen LogP contribution in [-0.4, -0.2) is 12.1 Å². The van der Waals surface area contributed by atoms with Crippen molar-refractivity contribution in [3.63, 3.8) is 0 Å². The van der Waals surface area contributed by atoms with Gasteiger partial charge in [-0.05, 0) is 38.0 Å². The molecule has 0 saturated heterocycles. The molecule has 0 bridgehead atoms. The van der Waals surface area contributed by atoms with Crippen LogP contribution in [0.2, 0.25) is 0 Å². The van der Waals surface area contributed by atoms with E-state index < -0.39 is 0 Å². The maximum atomic E-state index is 3.82. The van der Waals surface area contributed by atoms with Crippen LogP contribution in [0.15, 0.2) is 0 Å². The van der Waals surface area contributed by atoms with Gasteiger partial charge < -0.3 is 5.32 Å². The van der Waals surface area contributed by atoms with Crippen LogP contribution in [0.1, 0.15) is 59.8 Å². The Morgan fingerprint density at radius 2 is 1.79 bits per heavy atom. The van der Waals surface area contributed by atoms with E-state index in [2.05, 4.69) is 33.0 Å². The predicted molar refractivity (Wildman–Crippen MR) is 63.5 cm³/mol. The van der Waals surface area contributed by atoms with E-state index in [0.29, 0.717) is 6.04 Å². The first-order valence-electron chi connectivity index (χ1n) is 6.41. The van der Waals surface area contributed by atoms with Gasteiger partial charge >= 0.3 is 0 Å². The highest BCUT2D eigenvalue weighted by atomic mass is 15.0. The second-order valence-electron chi connectivity index (χ2n) is 5.27. The van der Waals surface area contributed by atoms with Crippen molar-refractivity contribution in [2.24, 2.45) is 11.8 Å². The summed E-state index contributed by atoms with van der Waals surface area (Å²) in [6.07, 6.45) is 6.88. The lowest BCUT2D eigenvalue weighted by atomic mass is 9.78. The van der Waals surface area contributed by atoms with Crippen LogP contribution in [0.4, 0.5) is 0 Å². The van der Waals surface area contributed by atoms with Gasteiger partial charge in [0, 0.05) is 12.1 Å². The second kappa shape index (κ2) is 5.75. The molecule has 14 heavy (non-hydrogen) atoms. The highest BCUT2D eigenvalue weighted by Gasteiger charge is 2.27. The molecular weight excluding hydrogens is 170 g/mol. The molecule has 0 aromatic rings. The standard InChI is InChI=1S/C13H27N/c1-5-7-12(4)14-13-10(2)8-6-9-11(13)3/h10-14H,5-9H2,1-4H3. The summed E-state index contributed by atoms with van der Waals surface area (Å²) in [5.41, 5.74) is 0. The van der Waals surface area contributed by atoms with Crippen molar-refractivity contribution in [1.29, 1.82) is 0 Å².